The molecule has 2 N–H and O–H groups in total. The predicted molar refractivity (Wildman–Crippen MR) is 121 cm³/mol. The van der Waals surface area contributed by atoms with Crippen molar-refractivity contribution in [1.29, 1.82) is 0 Å². The summed E-state index contributed by atoms with van der Waals surface area (Å²) in [5.74, 6) is -0.553. The second kappa shape index (κ2) is 9.78. The average Bonchev–Trinajstić information content (AvgIpc) is 2.70. The molecular formula is C18H16Cl3N3O4S2. The fourth-order valence-corrected chi connectivity index (χ4v) is 4.99. The van der Waals surface area contributed by atoms with Crippen LogP contribution in [-0.2, 0) is 14.8 Å². The molecule has 7 nitrogen and oxygen atoms in total. The van der Waals surface area contributed by atoms with Gasteiger partial charge in [0.2, 0.25) is 10.0 Å². The van der Waals surface area contributed by atoms with Gasteiger partial charge in [-0.3, -0.25) is 10.1 Å². The summed E-state index contributed by atoms with van der Waals surface area (Å²) >= 11 is 23.2. The fraction of sp³-hybridized carbons (Fsp3) is 0.222. The van der Waals surface area contributed by atoms with E-state index in [4.69, 9.17) is 51.8 Å². The second-order valence-electron chi connectivity index (χ2n) is 6.19. The average molecular weight is 509 g/mol. The van der Waals surface area contributed by atoms with Crippen molar-refractivity contribution in [1.82, 2.24) is 9.62 Å². The first-order chi connectivity index (χ1) is 14.2. The summed E-state index contributed by atoms with van der Waals surface area (Å²) in [6.45, 7) is 1.21. The Hall–Kier alpha value is -1.46. The number of anilines is 1. The maximum Gasteiger partial charge on any atom is 0.258 e. The highest BCUT2D eigenvalue weighted by Gasteiger charge is 2.27. The van der Waals surface area contributed by atoms with Crippen molar-refractivity contribution in [3.63, 3.8) is 0 Å². The van der Waals surface area contributed by atoms with Crippen molar-refractivity contribution in [2.75, 3.05) is 31.6 Å². The van der Waals surface area contributed by atoms with E-state index >= 15 is 0 Å². The standard InChI is InChI=1S/C18H16Cl3N3O4S2/c19-11-1-3-13(15(21)9-11)17(25)23-18(29)22-16-10-12(2-4-14(16)20)30(26,27)24-5-7-28-8-6-24/h1-4,9-10H,5-8H2,(H2,22,23,25,29). The zero-order valence-corrected chi connectivity index (χ0v) is 19.2. The monoisotopic (exact) mass is 507 g/mol. The van der Waals surface area contributed by atoms with Gasteiger partial charge in [0.05, 0.1) is 39.4 Å². The molecule has 0 bridgehead atoms. The second-order valence-corrected chi connectivity index (χ2v) is 9.79. The number of benzene rings is 2. The molecule has 2 aromatic rings. The van der Waals surface area contributed by atoms with Crippen molar-refractivity contribution < 1.29 is 17.9 Å². The number of halogens is 3. The number of thiocarbonyl (C=S) groups is 1. The minimum atomic E-state index is -3.72. The van der Waals surface area contributed by atoms with Crippen molar-refractivity contribution in [3.8, 4) is 0 Å². The zero-order chi connectivity index (χ0) is 21.9. The molecule has 160 valence electrons. The lowest BCUT2D eigenvalue weighted by atomic mass is 10.2. The van der Waals surface area contributed by atoms with E-state index in [1.54, 1.807) is 0 Å². The number of ether oxygens (including phenoxy) is 1. The van der Waals surface area contributed by atoms with Crippen LogP contribution in [0, 0.1) is 0 Å². The summed E-state index contributed by atoms with van der Waals surface area (Å²) in [5.41, 5.74) is 0.415. The quantitative estimate of drug-likeness (QED) is 0.611. The van der Waals surface area contributed by atoms with Crippen LogP contribution in [0.25, 0.3) is 0 Å². The van der Waals surface area contributed by atoms with Gasteiger partial charge in [-0.2, -0.15) is 4.31 Å². The molecule has 30 heavy (non-hydrogen) atoms. The SMILES string of the molecule is O=C(NC(=S)Nc1cc(S(=O)(=O)N2CCOCC2)ccc1Cl)c1ccc(Cl)cc1Cl. The zero-order valence-electron chi connectivity index (χ0n) is 15.3. The number of sulfonamides is 1. The summed E-state index contributed by atoms with van der Waals surface area (Å²) in [5, 5.41) is 5.94. The van der Waals surface area contributed by atoms with Crippen LogP contribution in [-0.4, -0.2) is 50.0 Å². The van der Waals surface area contributed by atoms with Crippen LogP contribution in [0.5, 0.6) is 0 Å². The lowest BCUT2D eigenvalue weighted by Crippen LogP contribution is -2.40. The number of rotatable bonds is 4. The minimum absolute atomic E-state index is 0.0474. The van der Waals surface area contributed by atoms with Crippen LogP contribution in [0.15, 0.2) is 41.3 Å². The molecule has 0 radical (unpaired) electrons. The highest BCUT2D eigenvalue weighted by molar-refractivity contribution is 7.89. The van der Waals surface area contributed by atoms with Crippen molar-refractivity contribution in [2.45, 2.75) is 4.90 Å². The molecule has 3 rings (SSSR count). The molecule has 1 heterocycles. The van der Waals surface area contributed by atoms with Crippen LogP contribution >= 0.6 is 47.0 Å². The lowest BCUT2D eigenvalue weighted by Gasteiger charge is -2.26. The van der Waals surface area contributed by atoms with E-state index in [9.17, 15) is 13.2 Å². The Morgan fingerprint density at radius 1 is 1.03 bits per heavy atom. The van der Waals surface area contributed by atoms with Gasteiger partial charge in [0.15, 0.2) is 5.11 Å². The van der Waals surface area contributed by atoms with Crippen LogP contribution in [0.1, 0.15) is 10.4 Å². The van der Waals surface area contributed by atoms with Gasteiger partial charge in [0, 0.05) is 18.1 Å². The Labute approximate surface area is 194 Å². The smallest absolute Gasteiger partial charge is 0.258 e. The van der Waals surface area contributed by atoms with Crippen LogP contribution in [0.3, 0.4) is 0 Å². The number of morpholine rings is 1. The van der Waals surface area contributed by atoms with E-state index in [0.29, 0.717) is 18.2 Å². The number of hydrogen-bond acceptors (Lipinski definition) is 5. The van der Waals surface area contributed by atoms with E-state index in [0.717, 1.165) is 0 Å². The summed E-state index contributed by atoms with van der Waals surface area (Å²) in [6, 6.07) is 8.64. The Kier molecular flexibility index (Phi) is 7.56. The topological polar surface area (TPSA) is 87.7 Å². The van der Waals surface area contributed by atoms with Crippen LogP contribution in [0.4, 0.5) is 5.69 Å². The van der Waals surface area contributed by atoms with Crippen LogP contribution < -0.4 is 10.6 Å². The summed E-state index contributed by atoms with van der Waals surface area (Å²) in [4.78, 5) is 12.4. The Balaban J connectivity index is 1.75. The number of amides is 1. The normalized spacial score (nSPS) is 14.9. The van der Waals surface area contributed by atoms with Gasteiger partial charge in [-0.25, -0.2) is 8.42 Å². The van der Waals surface area contributed by atoms with Gasteiger partial charge < -0.3 is 10.1 Å². The molecular weight excluding hydrogens is 493 g/mol. The third-order valence-corrected chi connectivity index (χ3v) is 7.17. The summed E-state index contributed by atoms with van der Waals surface area (Å²) in [6.07, 6.45) is 0. The number of carbonyl (C=O) groups excluding carboxylic acids is 1. The molecule has 1 amide bonds. The molecule has 1 aliphatic rings. The number of carbonyl (C=O) groups is 1. The largest absolute Gasteiger partial charge is 0.379 e. The molecule has 0 aromatic heterocycles. The molecule has 1 fully saturated rings. The maximum absolute atomic E-state index is 12.8. The molecule has 0 saturated carbocycles. The molecule has 1 aliphatic heterocycles. The third-order valence-electron chi connectivity index (χ3n) is 4.20. The molecule has 12 heteroatoms. The van der Waals surface area contributed by atoms with Gasteiger partial charge in [-0.05, 0) is 48.6 Å². The minimum Gasteiger partial charge on any atom is -0.379 e. The maximum atomic E-state index is 12.8. The summed E-state index contributed by atoms with van der Waals surface area (Å²) < 4.78 is 32.2. The summed E-state index contributed by atoms with van der Waals surface area (Å²) in [7, 11) is -3.72. The van der Waals surface area contributed by atoms with Gasteiger partial charge >= 0.3 is 0 Å². The van der Waals surface area contributed by atoms with Crippen molar-refractivity contribution >= 4 is 73.8 Å². The van der Waals surface area contributed by atoms with E-state index < -0.39 is 15.9 Å². The molecule has 1 saturated heterocycles. The van der Waals surface area contributed by atoms with Crippen molar-refractivity contribution in [2.24, 2.45) is 0 Å². The van der Waals surface area contributed by atoms with E-state index in [1.807, 2.05) is 0 Å². The molecule has 0 atom stereocenters. The van der Waals surface area contributed by atoms with Gasteiger partial charge in [0.1, 0.15) is 0 Å². The van der Waals surface area contributed by atoms with E-state index in [-0.39, 0.29) is 44.4 Å². The van der Waals surface area contributed by atoms with E-state index in [2.05, 4.69) is 10.6 Å². The van der Waals surface area contributed by atoms with E-state index in [1.165, 1.54) is 40.7 Å². The number of hydrogen-bond donors (Lipinski definition) is 2. The predicted octanol–water partition coefficient (Wildman–Crippen LogP) is 3.79. The highest BCUT2D eigenvalue weighted by atomic mass is 35.5. The number of nitrogens with one attached hydrogen (secondary N) is 2. The Bertz CT molecular complexity index is 1090. The first-order valence-corrected chi connectivity index (χ1v) is 11.6. The van der Waals surface area contributed by atoms with Gasteiger partial charge in [-0.15, -0.1) is 0 Å². The Morgan fingerprint density at radius 3 is 2.40 bits per heavy atom. The van der Waals surface area contributed by atoms with Crippen molar-refractivity contribution in [3.05, 3.63) is 57.0 Å². The highest BCUT2D eigenvalue weighted by Crippen LogP contribution is 2.27. The Morgan fingerprint density at radius 2 is 1.73 bits per heavy atom. The molecule has 0 spiro atoms. The molecule has 0 aliphatic carbocycles. The first kappa shape index (κ1) is 23.2. The number of nitrogens with zero attached hydrogens (tertiary/aromatic N) is 1. The van der Waals surface area contributed by atoms with Gasteiger partial charge in [0.25, 0.3) is 5.91 Å². The first-order valence-electron chi connectivity index (χ1n) is 8.63. The molecule has 2 aromatic carbocycles. The van der Waals surface area contributed by atoms with Gasteiger partial charge in [-0.1, -0.05) is 34.8 Å². The molecule has 0 unspecified atom stereocenters. The van der Waals surface area contributed by atoms with Crippen LogP contribution in [0.2, 0.25) is 15.1 Å². The fourth-order valence-electron chi connectivity index (χ4n) is 2.69. The lowest BCUT2D eigenvalue weighted by molar-refractivity contribution is 0.0730. The third kappa shape index (κ3) is 5.42.